The van der Waals surface area contributed by atoms with E-state index in [1.54, 1.807) is 23.5 Å². The lowest BCUT2D eigenvalue weighted by Gasteiger charge is -2.34. The zero-order valence-corrected chi connectivity index (χ0v) is 18.9. The summed E-state index contributed by atoms with van der Waals surface area (Å²) in [6.07, 6.45) is 0. The SMILES string of the molecule is O=C(CSc1nnc2sc3ccccc3n12)N1CCN(Cc2c(F)cccc2Cl)CC1. The number of thioether (sulfide) groups is 1. The lowest BCUT2D eigenvalue weighted by atomic mass is 10.2. The maximum Gasteiger partial charge on any atom is 0.233 e. The Labute approximate surface area is 191 Å². The Morgan fingerprint density at radius 2 is 1.90 bits per heavy atom. The number of hydrogen-bond donors (Lipinski definition) is 0. The van der Waals surface area contributed by atoms with Crippen LogP contribution in [0.25, 0.3) is 15.2 Å². The van der Waals surface area contributed by atoms with Crippen LogP contribution in [-0.2, 0) is 11.3 Å². The Morgan fingerprint density at radius 1 is 1.10 bits per heavy atom. The van der Waals surface area contributed by atoms with Gasteiger partial charge >= 0.3 is 0 Å². The van der Waals surface area contributed by atoms with Gasteiger partial charge in [0.05, 0.1) is 16.0 Å². The molecule has 3 heterocycles. The molecule has 6 nitrogen and oxygen atoms in total. The quantitative estimate of drug-likeness (QED) is 0.405. The van der Waals surface area contributed by atoms with Gasteiger partial charge in [-0.15, -0.1) is 10.2 Å². The summed E-state index contributed by atoms with van der Waals surface area (Å²) in [5.74, 6) is 0.0947. The van der Waals surface area contributed by atoms with Crippen LogP contribution in [0.2, 0.25) is 5.02 Å². The number of nitrogens with zero attached hydrogens (tertiary/aromatic N) is 5. The molecule has 10 heteroatoms. The second kappa shape index (κ2) is 8.74. The molecule has 2 aromatic carbocycles. The highest BCUT2D eigenvalue weighted by Gasteiger charge is 2.23. The predicted molar refractivity (Wildman–Crippen MR) is 122 cm³/mol. The van der Waals surface area contributed by atoms with Gasteiger partial charge in [0, 0.05) is 43.3 Å². The van der Waals surface area contributed by atoms with Crippen LogP contribution in [0.15, 0.2) is 47.6 Å². The highest BCUT2D eigenvalue weighted by molar-refractivity contribution is 7.99. The normalized spacial score (nSPS) is 15.2. The van der Waals surface area contributed by atoms with Gasteiger partial charge in [-0.1, -0.05) is 52.9 Å². The van der Waals surface area contributed by atoms with Crippen molar-refractivity contribution in [2.75, 3.05) is 31.9 Å². The van der Waals surface area contributed by atoms with Gasteiger partial charge in [0.15, 0.2) is 5.16 Å². The molecule has 1 amide bonds. The van der Waals surface area contributed by atoms with Crippen LogP contribution in [0, 0.1) is 5.82 Å². The second-order valence-corrected chi connectivity index (χ2v) is 9.67. The summed E-state index contributed by atoms with van der Waals surface area (Å²) in [5.41, 5.74) is 1.57. The highest BCUT2D eigenvalue weighted by atomic mass is 35.5. The highest BCUT2D eigenvalue weighted by Crippen LogP contribution is 2.29. The maximum absolute atomic E-state index is 14.0. The molecule has 0 spiro atoms. The molecule has 0 bridgehead atoms. The molecule has 4 aromatic rings. The molecule has 31 heavy (non-hydrogen) atoms. The van der Waals surface area contributed by atoms with Gasteiger partial charge in [0.25, 0.3) is 0 Å². The van der Waals surface area contributed by atoms with Gasteiger partial charge in [0.1, 0.15) is 5.82 Å². The van der Waals surface area contributed by atoms with E-state index < -0.39 is 0 Å². The number of carbonyl (C=O) groups is 1. The average molecular weight is 476 g/mol. The minimum Gasteiger partial charge on any atom is -0.339 e. The van der Waals surface area contributed by atoms with Crippen LogP contribution in [0.1, 0.15) is 5.56 Å². The molecule has 0 saturated carbocycles. The van der Waals surface area contributed by atoms with Crippen LogP contribution in [0.3, 0.4) is 0 Å². The number of carbonyl (C=O) groups excluding carboxylic acids is 1. The van der Waals surface area contributed by atoms with Crippen LogP contribution in [0.4, 0.5) is 4.39 Å². The largest absolute Gasteiger partial charge is 0.339 e. The molecule has 5 rings (SSSR count). The molecular formula is C21H19ClFN5OS2. The third-order valence-corrected chi connectivity index (χ3v) is 7.68. The van der Waals surface area contributed by atoms with Gasteiger partial charge in [-0.05, 0) is 24.3 Å². The number of halogens is 2. The smallest absolute Gasteiger partial charge is 0.233 e. The Bertz CT molecular complexity index is 1230. The van der Waals surface area contributed by atoms with E-state index in [1.807, 2.05) is 27.5 Å². The van der Waals surface area contributed by atoms with Crippen molar-refractivity contribution in [3.05, 3.63) is 58.9 Å². The fourth-order valence-electron chi connectivity index (χ4n) is 3.73. The van der Waals surface area contributed by atoms with Gasteiger partial charge < -0.3 is 4.90 Å². The number of fused-ring (bicyclic) bond motifs is 3. The number of benzene rings is 2. The molecule has 1 aliphatic heterocycles. The third-order valence-electron chi connectivity index (χ3n) is 5.40. The van der Waals surface area contributed by atoms with E-state index in [1.165, 1.54) is 17.8 Å². The summed E-state index contributed by atoms with van der Waals surface area (Å²) in [7, 11) is 0. The molecule has 0 radical (unpaired) electrons. The van der Waals surface area contributed by atoms with E-state index in [4.69, 9.17) is 11.6 Å². The van der Waals surface area contributed by atoms with Crippen molar-refractivity contribution < 1.29 is 9.18 Å². The first-order valence-electron chi connectivity index (χ1n) is 9.88. The monoisotopic (exact) mass is 475 g/mol. The second-order valence-electron chi connectivity index (χ2n) is 7.32. The number of hydrogen-bond acceptors (Lipinski definition) is 6. The zero-order chi connectivity index (χ0) is 21.4. The third kappa shape index (κ3) is 4.15. The standard InChI is InChI=1S/C21H19ClFN5OS2/c22-15-4-3-5-16(23)14(15)12-26-8-10-27(11-9-26)19(29)13-30-20-24-25-21-28(20)17-6-1-2-7-18(17)31-21/h1-7H,8-13H2. The Kier molecular flexibility index (Phi) is 5.83. The van der Waals surface area contributed by atoms with Crippen LogP contribution in [-0.4, -0.2) is 62.2 Å². The summed E-state index contributed by atoms with van der Waals surface area (Å²) < 4.78 is 17.2. The van der Waals surface area contributed by atoms with Crippen molar-refractivity contribution >= 4 is 55.8 Å². The molecule has 0 N–H and O–H groups in total. The molecule has 0 unspecified atom stereocenters. The van der Waals surface area contributed by atoms with Gasteiger partial charge in [-0.25, -0.2) is 4.39 Å². The summed E-state index contributed by atoms with van der Waals surface area (Å²) in [6.45, 7) is 3.05. The van der Waals surface area contributed by atoms with Crippen molar-refractivity contribution in [2.45, 2.75) is 11.7 Å². The van der Waals surface area contributed by atoms with E-state index in [0.29, 0.717) is 49.1 Å². The van der Waals surface area contributed by atoms with Crippen molar-refractivity contribution in [3.63, 3.8) is 0 Å². The number of aromatic nitrogens is 3. The first-order chi connectivity index (χ1) is 15.1. The lowest BCUT2D eigenvalue weighted by molar-refractivity contribution is -0.130. The van der Waals surface area contributed by atoms with Gasteiger partial charge in [0.2, 0.25) is 10.9 Å². The minimum atomic E-state index is -0.289. The zero-order valence-electron chi connectivity index (χ0n) is 16.5. The number of rotatable bonds is 5. The minimum absolute atomic E-state index is 0.0739. The summed E-state index contributed by atoms with van der Waals surface area (Å²) in [6, 6.07) is 12.8. The van der Waals surface area contributed by atoms with Crippen molar-refractivity contribution in [2.24, 2.45) is 0 Å². The van der Waals surface area contributed by atoms with Gasteiger partial charge in [-0.2, -0.15) is 0 Å². The molecule has 1 fully saturated rings. The van der Waals surface area contributed by atoms with E-state index in [2.05, 4.69) is 21.2 Å². The van der Waals surface area contributed by atoms with Crippen LogP contribution in [0.5, 0.6) is 0 Å². The molecule has 2 aromatic heterocycles. The molecular weight excluding hydrogens is 457 g/mol. The fraction of sp³-hybridized carbons (Fsp3) is 0.286. The Morgan fingerprint density at radius 3 is 2.71 bits per heavy atom. The number of amides is 1. The van der Waals surface area contributed by atoms with Crippen molar-refractivity contribution in [1.82, 2.24) is 24.4 Å². The van der Waals surface area contributed by atoms with Gasteiger partial charge in [-0.3, -0.25) is 14.1 Å². The van der Waals surface area contributed by atoms with Crippen molar-refractivity contribution in [3.8, 4) is 0 Å². The molecule has 160 valence electrons. The molecule has 1 saturated heterocycles. The average Bonchev–Trinajstić information content (AvgIpc) is 3.34. The maximum atomic E-state index is 14.0. The fourth-order valence-corrected chi connectivity index (χ4v) is 5.82. The first-order valence-corrected chi connectivity index (χ1v) is 12.1. The molecule has 1 aliphatic rings. The number of piperazine rings is 1. The summed E-state index contributed by atoms with van der Waals surface area (Å²) in [5, 5.41) is 9.68. The van der Waals surface area contributed by atoms with E-state index in [9.17, 15) is 9.18 Å². The van der Waals surface area contributed by atoms with E-state index >= 15 is 0 Å². The lowest BCUT2D eigenvalue weighted by Crippen LogP contribution is -2.48. The molecule has 0 atom stereocenters. The summed E-state index contributed by atoms with van der Waals surface area (Å²) >= 11 is 9.14. The Balaban J connectivity index is 1.19. The van der Waals surface area contributed by atoms with Crippen molar-refractivity contribution in [1.29, 1.82) is 0 Å². The number of para-hydroxylation sites is 1. The number of thiazole rings is 1. The van der Waals surface area contributed by atoms with E-state index in [0.717, 1.165) is 20.3 Å². The van der Waals surface area contributed by atoms with Crippen LogP contribution >= 0.6 is 34.7 Å². The predicted octanol–water partition coefficient (Wildman–Crippen LogP) is 4.17. The first kappa shape index (κ1) is 20.7. The summed E-state index contributed by atoms with van der Waals surface area (Å²) in [4.78, 5) is 17.6. The van der Waals surface area contributed by atoms with E-state index in [-0.39, 0.29) is 11.7 Å². The Hall–Kier alpha value is -2.20. The topological polar surface area (TPSA) is 53.7 Å². The molecule has 0 aliphatic carbocycles. The van der Waals surface area contributed by atoms with Crippen LogP contribution < -0.4 is 0 Å².